The number of rotatable bonds is 3. The van der Waals surface area contributed by atoms with E-state index in [9.17, 15) is 19.5 Å². The highest BCUT2D eigenvalue weighted by Gasteiger charge is 2.46. The number of hydrogen-bond donors (Lipinski definition) is 1. The average Bonchev–Trinajstić information content (AvgIpc) is 2.99. The molecule has 1 aromatic carbocycles. The lowest BCUT2D eigenvalue weighted by Gasteiger charge is -2.49. The molecule has 13 heteroatoms. The second-order valence-corrected chi connectivity index (χ2v) is 12.3. The summed E-state index contributed by atoms with van der Waals surface area (Å²) in [6.45, 7) is 11.2. The maximum Gasteiger partial charge on any atom is 0.284 e. The molecular weight excluding hydrogens is 584 g/mol. The third-order valence-corrected chi connectivity index (χ3v) is 8.43. The highest BCUT2D eigenvalue weighted by Crippen LogP contribution is 2.43. The largest absolute Gasteiger partial charge is 0.507 e. The fraction of sp³-hybridized carbons (Fsp3) is 0.312. The minimum atomic E-state index is -0.960. The minimum Gasteiger partial charge on any atom is -0.507 e. The molecule has 232 valence electrons. The van der Waals surface area contributed by atoms with Gasteiger partial charge in [0.05, 0.1) is 17.8 Å². The summed E-state index contributed by atoms with van der Waals surface area (Å²) in [5, 5.41) is 10.7. The molecule has 0 bridgehead atoms. The third kappa shape index (κ3) is 4.52. The van der Waals surface area contributed by atoms with E-state index in [1.165, 1.54) is 46.0 Å². The van der Waals surface area contributed by atoms with Crippen LogP contribution in [-0.2, 0) is 15.0 Å². The maximum absolute atomic E-state index is 16.1. The van der Waals surface area contributed by atoms with Gasteiger partial charge in [0.2, 0.25) is 5.91 Å². The Labute approximate surface area is 257 Å². The first-order chi connectivity index (χ1) is 21.3. The molecule has 0 radical (unpaired) electrons. The molecule has 3 aromatic heterocycles. The van der Waals surface area contributed by atoms with Crippen LogP contribution in [0.2, 0.25) is 0 Å². The van der Waals surface area contributed by atoms with E-state index in [0.717, 1.165) is 12.1 Å². The Morgan fingerprint density at radius 1 is 1.13 bits per heavy atom. The van der Waals surface area contributed by atoms with Gasteiger partial charge in [0.1, 0.15) is 41.1 Å². The number of aromatic hydroxyl groups is 1. The number of phenolic OH excluding ortho intramolecular Hbond substituents is 1. The molecule has 11 nitrogen and oxygen atoms in total. The third-order valence-electron chi connectivity index (χ3n) is 8.43. The molecule has 0 unspecified atom stereocenters. The Morgan fingerprint density at radius 3 is 2.53 bits per heavy atom. The molecule has 5 heterocycles. The number of pyridine rings is 2. The van der Waals surface area contributed by atoms with E-state index in [2.05, 4.69) is 21.5 Å². The van der Waals surface area contributed by atoms with Gasteiger partial charge in [-0.15, -0.1) is 0 Å². The van der Waals surface area contributed by atoms with Crippen LogP contribution in [0.3, 0.4) is 0 Å². The molecule has 2 atom stereocenters. The van der Waals surface area contributed by atoms with Crippen LogP contribution in [0.4, 0.5) is 20.2 Å². The van der Waals surface area contributed by atoms with Crippen LogP contribution >= 0.6 is 0 Å². The van der Waals surface area contributed by atoms with E-state index in [-0.39, 0.29) is 47.2 Å². The number of anilines is 2. The van der Waals surface area contributed by atoms with Crippen LogP contribution in [0, 0.1) is 11.6 Å². The molecule has 1 N–H and O–H groups in total. The Balaban J connectivity index is 1.75. The summed E-state index contributed by atoms with van der Waals surface area (Å²) in [5.41, 5.74) is -1.51. The van der Waals surface area contributed by atoms with Crippen LogP contribution in [0.5, 0.6) is 5.75 Å². The standard InChI is InChI=1S/C32H31F2N7O4/c1-7-23(43)39-14-21-30(44)38(6)27-26(40(21)13-16(39)2)17-11-20(34)25(24-19(33)9-8-10-22(24)42)37-28(17)41(31(27)45)29-18(32(3,4)5)12-35-15-36-29/h7-12,15-16,21,42H,1,13-14H2,2-6H3/t16-,21-/m1/s1. The van der Waals surface area contributed by atoms with E-state index in [4.69, 9.17) is 0 Å². The van der Waals surface area contributed by atoms with Crippen molar-refractivity contribution in [2.75, 3.05) is 29.9 Å². The number of benzene rings is 1. The van der Waals surface area contributed by atoms with Gasteiger partial charge in [0.25, 0.3) is 11.5 Å². The lowest BCUT2D eigenvalue weighted by atomic mass is 9.88. The van der Waals surface area contributed by atoms with E-state index >= 15 is 8.78 Å². The molecule has 4 aromatic rings. The molecular formula is C32H31F2N7O4. The Hall–Kier alpha value is -5.20. The summed E-state index contributed by atoms with van der Waals surface area (Å²) < 4.78 is 32.3. The number of fused-ring (bicyclic) bond motifs is 5. The fourth-order valence-electron chi connectivity index (χ4n) is 6.19. The smallest absolute Gasteiger partial charge is 0.284 e. The monoisotopic (exact) mass is 615 g/mol. The number of nitrogens with zero attached hydrogens (tertiary/aromatic N) is 7. The molecule has 0 aliphatic carbocycles. The summed E-state index contributed by atoms with van der Waals surface area (Å²) in [6.07, 6.45) is 4.01. The number of halogens is 2. The van der Waals surface area contributed by atoms with Crippen molar-refractivity contribution in [1.29, 1.82) is 0 Å². The van der Waals surface area contributed by atoms with Crippen molar-refractivity contribution in [1.82, 2.24) is 24.4 Å². The maximum atomic E-state index is 16.1. The minimum absolute atomic E-state index is 0.0103. The van der Waals surface area contributed by atoms with Crippen LogP contribution in [0.15, 0.2) is 54.2 Å². The quantitative estimate of drug-likeness (QED) is 0.346. The zero-order valence-corrected chi connectivity index (χ0v) is 25.4. The van der Waals surface area contributed by atoms with Gasteiger partial charge in [0.15, 0.2) is 11.5 Å². The number of amides is 2. The number of carbonyl (C=O) groups excluding carboxylic acids is 2. The van der Waals surface area contributed by atoms with Crippen molar-refractivity contribution in [3.63, 3.8) is 0 Å². The number of phenols is 1. The predicted octanol–water partition coefficient (Wildman–Crippen LogP) is 3.69. The Bertz CT molecular complexity index is 1970. The lowest BCUT2D eigenvalue weighted by Crippen LogP contribution is -2.66. The summed E-state index contributed by atoms with van der Waals surface area (Å²) >= 11 is 0. The van der Waals surface area contributed by atoms with E-state index < -0.39 is 57.6 Å². The van der Waals surface area contributed by atoms with Gasteiger partial charge in [-0.3, -0.25) is 14.4 Å². The zero-order valence-electron chi connectivity index (χ0n) is 25.4. The summed E-state index contributed by atoms with van der Waals surface area (Å²) in [6, 6.07) is 3.41. The first-order valence-corrected chi connectivity index (χ1v) is 14.3. The molecule has 2 amide bonds. The number of piperazine rings is 1. The summed E-state index contributed by atoms with van der Waals surface area (Å²) in [5.74, 6) is -3.03. The van der Waals surface area contributed by atoms with Gasteiger partial charge in [-0.25, -0.2) is 28.3 Å². The molecule has 2 aliphatic heterocycles. The molecule has 1 saturated heterocycles. The molecule has 1 fully saturated rings. The first-order valence-electron chi connectivity index (χ1n) is 14.3. The van der Waals surface area contributed by atoms with Crippen LogP contribution < -0.4 is 15.4 Å². The van der Waals surface area contributed by atoms with Crippen molar-refractivity contribution in [3.8, 4) is 22.8 Å². The number of likely N-dealkylation sites (N-methyl/N-ethyl adjacent to an activating group) is 1. The van der Waals surface area contributed by atoms with Gasteiger partial charge in [-0.05, 0) is 36.6 Å². The van der Waals surface area contributed by atoms with E-state index in [1.807, 2.05) is 20.8 Å². The van der Waals surface area contributed by atoms with Crippen molar-refractivity contribution < 1.29 is 23.5 Å². The number of hydrogen-bond acceptors (Lipinski definition) is 8. The molecule has 6 rings (SSSR count). The van der Waals surface area contributed by atoms with Crippen LogP contribution in [0.1, 0.15) is 33.3 Å². The SMILES string of the molecule is C=CC(=O)N1C[C@@H]2C(=O)N(C)c3c(c4cc(F)c(-c5c(O)cccc5F)nc4n(-c4ncncc4C(C)(C)C)c3=O)N2C[C@H]1C. The van der Waals surface area contributed by atoms with Gasteiger partial charge in [0, 0.05) is 36.8 Å². The van der Waals surface area contributed by atoms with Gasteiger partial charge < -0.3 is 19.8 Å². The normalized spacial score (nSPS) is 18.2. The average molecular weight is 616 g/mol. The van der Waals surface area contributed by atoms with Crippen molar-refractivity contribution in [2.45, 2.75) is 45.2 Å². The first kappa shape index (κ1) is 29.9. The van der Waals surface area contributed by atoms with Crippen LogP contribution in [0.25, 0.3) is 28.1 Å². The summed E-state index contributed by atoms with van der Waals surface area (Å²) in [4.78, 5) is 58.6. The van der Waals surface area contributed by atoms with E-state index in [0.29, 0.717) is 5.56 Å². The molecule has 2 aliphatic rings. The number of carbonyl (C=O) groups is 2. The predicted molar refractivity (Wildman–Crippen MR) is 165 cm³/mol. The summed E-state index contributed by atoms with van der Waals surface area (Å²) in [7, 11) is 1.45. The molecule has 45 heavy (non-hydrogen) atoms. The molecule has 0 saturated carbocycles. The molecule has 0 spiro atoms. The van der Waals surface area contributed by atoms with Crippen molar-refractivity contribution in [3.05, 3.63) is 77.0 Å². The van der Waals surface area contributed by atoms with Crippen molar-refractivity contribution >= 4 is 34.2 Å². The zero-order chi connectivity index (χ0) is 32.5. The van der Waals surface area contributed by atoms with Crippen molar-refractivity contribution in [2.24, 2.45) is 0 Å². The lowest BCUT2D eigenvalue weighted by molar-refractivity contribution is -0.130. The fourth-order valence-corrected chi connectivity index (χ4v) is 6.19. The highest BCUT2D eigenvalue weighted by atomic mass is 19.1. The Morgan fingerprint density at radius 2 is 1.87 bits per heavy atom. The highest BCUT2D eigenvalue weighted by molar-refractivity contribution is 6.12. The van der Waals surface area contributed by atoms with Gasteiger partial charge >= 0.3 is 0 Å². The van der Waals surface area contributed by atoms with Gasteiger partial charge in [-0.1, -0.05) is 33.4 Å². The Kier molecular flexibility index (Phi) is 6.94. The topological polar surface area (TPSA) is 125 Å². The van der Waals surface area contributed by atoms with Crippen LogP contribution in [-0.4, -0.2) is 73.6 Å². The van der Waals surface area contributed by atoms with E-state index in [1.54, 1.807) is 18.0 Å². The second kappa shape index (κ2) is 10.5. The number of aromatic nitrogens is 4. The van der Waals surface area contributed by atoms with Gasteiger partial charge in [-0.2, -0.15) is 0 Å². The second-order valence-electron chi connectivity index (χ2n) is 12.3.